The Morgan fingerprint density at radius 2 is 1.77 bits per heavy atom. The number of fused-ring (bicyclic) bond motifs is 1. The molecule has 1 aromatic carbocycles. The molecule has 1 heterocycles. The highest BCUT2D eigenvalue weighted by atomic mass is 16.4. The van der Waals surface area contributed by atoms with Crippen molar-refractivity contribution in [3.8, 4) is 0 Å². The molecule has 1 aromatic rings. The van der Waals surface area contributed by atoms with Gasteiger partial charge in [-0.1, -0.05) is 19.3 Å². The first-order valence-electron chi connectivity index (χ1n) is 8.89. The first kappa shape index (κ1) is 18.1. The van der Waals surface area contributed by atoms with E-state index in [1.54, 1.807) is 0 Å². The minimum Gasteiger partial charge on any atom is -0.481 e. The Kier molecular flexibility index (Phi) is 5.06. The lowest BCUT2D eigenvalue weighted by Gasteiger charge is -2.29. The zero-order valence-electron chi connectivity index (χ0n) is 14.7. The Balaban J connectivity index is 1.80. The number of rotatable bonds is 5. The Bertz CT molecular complexity index is 767. The Labute approximate surface area is 151 Å². The van der Waals surface area contributed by atoms with E-state index in [2.05, 4.69) is 0 Å². The molecule has 1 aliphatic heterocycles. The lowest BCUT2D eigenvalue weighted by molar-refractivity contribution is -0.137. The van der Waals surface area contributed by atoms with E-state index < -0.39 is 5.97 Å². The molecular formula is C19H22N2O5. The molecular weight excluding hydrogens is 336 g/mol. The molecule has 0 bridgehead atoms. The fraction of sp³-hybridized carbons (Fsp3) is 0.474. The molecule has 138 valence electrons. The molecule has 1 aliphatic carbocycles. The molecule has 0 atom stereocenters. The Morgan fingerprint density at radius 1 is 1.12 bits per heavy atom. The van der Waals surface area contributed by atoms with Gasteiger partial charge >= 0.3 is 5.97 Å². The van der Waals surface area contributed by atoms with Gasteiger partial charge in [-0.15, -0.1) is 0 Å². The number of benzene rings is 1. The van der Waals surface area contributed by atoms with Crippen molar-refractivity contribution in [1.29, 1.82) is 0 Å². The van der Waals surface area contributed by atoms with Gasteiger partial charge in [0.05, 0.1) is 17.5 Å². The van der Waals surface area contributed by atoms with Crippen LogP contribution in [-0.4, -0.2) is 58.2 Å². The summed E-state index contributed by atoms with van der Waals surface area (Å²) in [5.74, 6) is -1.97. The van der Waals surface area contributed by atoms with Crippen molar-refractivity contribution < 1.29 is 24.3 Å². The normalized spacial score (nSPS) is 17.3. The summed E-state index contributed by atoms with van der Waals surface area (Å²) in [4.78, 5) is 51.2. The van der Waals surface area contributed by atoms with Gasteiger partial charge in [0.25, 0.3) is 17.7 Å². The molecule has 1 saturated carbocycles. The molecule has 3 amide bonds. The van der Waals surface area contributed by atoms with E-state index >= 15 is 0 Å². The van der Waals surface area contributed by atoms with E-state index in [0.29, 0.717) is 5.56 Å². The van der Waals surface area contributed by atoms with Crippen LogP contribution in [0.2, 0.25) is 0 Å². The largest absolute Gasteiger partial charge is 0.481 e. The minimum absolute atomic E-state index is 0.0615. The van der Waals surface area contributed by atoms with E-state index in [0.717, 1.165) is 32.1 Å². The first-order valence-corrected chi connectivity index (χ1v) is 8.89. The van der Waals surface area contributed by atoms with Crippen LogP contribution in [-0.2, 0) is 4.79 Å². The van der Waals surface area contributed by atoms with Gasteiger partial charge in [-0.3, -0.25) is 24.1 Å². The summed E-state index contributed by atoms with van der Waals surface area (Å²) in [6, 6.07) is 4.44. The van der Waals surface area contributed by atoms with Gasteiger partial charge in [0.2, 0.25) is 0 Å². The number of hydrogen-bond donors (Lipinski definition) is 1. The van der Waals surface area contributed by atoms with Crippen LogP contribution in [0.3, 0.4) is 0 Å². The summed E-state index contributed by atoms with van der Waals surface area (Å²) in [6.07, 6.45) is 4.65. The van der Waals surface area contributed by atoms with E-state index in [-0.39, 0.29) is 47.9 Å². The third-order valence-corrected chi connectivity index (χ3v) is 5.11. The quantitative estimate of drug-likeness (QED) is 0.814. The number of hydrogen-bond acceptors (Lipinski definition) is 4. The van der Waals surface area contributed by atoms with Crippen LogP contribution in [0.1, 0.15) is 69.6 Å². The highest BCUT2D eigenvalue weighted by molar-refractivity contribution is 6.22. The van der Waals surface area contributed by atoms with Crippen molar-refractivity contribution in [2.45, 2.75) is 44.6 Å². The van der Waals surface area contributed by atoms with Gasteiger partial charge in [0, 0.05) is 25.2 Å². The fourth-order valence-electron chi connectivity index (χ4n) is 3.65. The van der Waals surface area contributed by atoms with Gasteiger partial charge in [-0.2, -0.15) is 0 Å². The second-order valence-electron chi connectivity index (χ2n) is 6.90. The molecule has 1 N–H and O–H groups in total. The van der Waals surface area contributed by atoms with Gasteiger partial charge in [0.1, 0.15) is 0 Å². The standard InChI is InChI=1S/C19H22N2O5/c1-20(10-9-16(22)23)17(24)12-7-8-14-15(11-12)19(26)21(18(14)25)13-5-3-2-4-6-13/h7-8,11,13H,2-6,9-10H2,1H3,(H,22,23). The molecule has 0 saturated heterocycles. The monoisotopic (exact) mass is 358 g/mol. The third-order valence-electron chi connectivity index (χ3n) is 5.11. The molecule has 1 fully saturated rings. The van der Waals surface area contributed by atoms with Crippen LogP contribution in [0.4, 0.5) is 0 Å². The van der Waals surface area contributed by atoms with E-state index in [4.69, 9.17) is 5.11 Å². The van der Waals surface area contributed by atoms with Gasteiger partial charge in [0.15, 0.2) is 0 Å². The number of amides is 3. The van der Waals surface area contributed by atoms with Crippen molar-refractivity contribution in [3.05, 3.63) is 34.9 Å². The summed E-state index contributed by atoms with van der Waals surface area (Å²) in [5, 5.41) is 8.73. The maximum absolute atomic E-state index is 12.8. The SMILES string of the molecule is CN(CCC(=O)O)C(=O)c1ccc2c(c1)C(=O)N(C1CCCCC1)C2=O. The number of carboxylic acids is 1. The van der Waals surface area contributed by atoms with Crippen LogP contribution in [0.5, 0.6) is 0 Å². The molecule has 26 heavy (non-hydrogen) atoms. The highest BCUT2D eigenvalue weighted by Gasteiger charge is 2.40. The summed E-state index contributed by atoms with van der Waals surface area (Å²) >= 11 is 0. The van der Waals surface area contributed by atoms with Gasteiger partial charge < -0.3 is 10.0 Å². The summed E-state index contributed by atoms with van der Waals surface area (Å²) in [5.41, 5.74) is 0.881. The zero-order chi connectivity index (χ0) is 18.8. The van der Waals surface area contributed by atoms with Crippen LogP contribution in [0.15, 0.2) is 18.2 Å². The topological polar surface area (TPSA) is 95.0 Å². The molecule has 0 aromatic heterocycles. The minimum atomic E-state index is -0.984. The van der Waals surface area contributed by atoms with Gasteiger partial charge in [-0.25, -0.2) is 0 Å². The summed E-state index contributed by atoms with van der Waals surface area (Å²) in [7, 11) is 1.51. The average Bonchev–Trinajstić information content (AvgIpc) is 2.90. The summed E-state index contributed by atoms with van der Waals surface area (Å²) < 4.78 is 0. The predicted octanol–water partition coefficient (Wildman–Crippen LogP) is 2.16. The zero-order valence-corrected chi connectivity index (χ0v) is 14.7. The maximum Gasteiger partial charge on any atom is 0.305 e. The average molecular weight is 358 g/mol. The van der Waals surface area contributed by atoms with Crippen molar-refractivity contribution in [2.24, 2.45) is 0 Å². The first-order chi connectivity index (χ1) is 12.4. The van der Waals surface area contributed by atoms with Crippen molar-refractivity contribution >= 4 is 23.7 Å². The number of carboxylic acid groups (broad SMARTS) is 1. The van der Waals surface area contributed by atoms with Crippen LogP contribution >= 0.6 is 0 Å². The van der Waals surface area contributed by atoms with Crippen molar-refractivity contribution in [2.75, 3.05) is 13.6 Å². The molecule has 3 rings (SSSR count). The molecule has 7 heteroatoms. The number of carbonyl (C=O) groups excluding carboxylic acids is 3. The van der Waals surface area contributed by atoms with Crippen molar-refractivity contribution in [3.63, 3.8) is 0 Å². The molecule has 0 unspecified atom stereocenters. The number of nitrogens with zero attached hydrogens (tertiary/aromatic N) is 2. The van der Waals surface area contributed by atoms with Crippen LogP contribution in [0.25, 0.3) is 0 Å². The Hall–Kier alpha value is -2.70. The van der Waals surface area contributed by atoms with E-state index in [1.165, 1.54) is 35.0 Å². The Morgan fingerprint density at radius 3 is 2.42 bits per heavy atom. The fourth-order valence-corrected chi connectivity index (χ4v) is 3.65. The van der Waals surface area contributed by atoms with Crippen molar-refractivity contribution in [1.82, 2.24) is 9.80 Å². The number of imide groups is 1. The summed E-state index contributed by atoms with van der Waals surface area (Å²) in [6.45, 7) is 0.0757. The van der Waals surface area contributed by atoms with E-state index in [1.807, 2.05) is 0 Å². The highest BCUT2D eigenvalue weighted by Crippen LogP contribution is 2.31. The number of carbonyl (C=O) groups is 4. The molecule has 7 nitrogen and oxygen atoms in total. The second kappa shape index (κ2) is 7.27. The molecule has 0 radical (unpaired) electrons. The molecule has 2 aliphatic rings. The van der Waals surface area contributed by atoms with Crippen LogP contribution < -0.4 is 0 Å². The maximum atomic E-state index is 12.8. The lowest BCUT2D eigenvalue weighted by Crippen LogP contribution is -2.40. The smallest absolute Gasteiger partial charge is 0.305 e. The van der Waals surface area contributed by atoms with Gasteiger partial charge in [-0.05, 0) is 31.0 Å². The lowest BCUT2D eigenvalue weighted by atomic mass is 9.94. The van der Waals surface area contributed by atoms with Crippen LogP contribution in [0, 0.1) is 0 Å². The molecule has 0 spiro atoms. The number of aliphatic carboxylic acids is 1. The van der Waals surface area contributed by atoms with E-state index in [9.17, 15) is 19.2 Å². The second-order valence-corrected chi connectivity index (χ2v) is 6.90. The third kappa shape index (κ3) is 3.34. The predicted molar refractivity (Wildman–Crippen MR) is 93.0 cm³/mol.